The van der Waals surface area contributed by atoms with Crippen LogP contribution in [-0.2, 0) is 30.9 Å². The molecule has 32 heavy (non-hydrogen) atoms. The molecule has 4 aliphatic rings. The molecule has 2 bridgehead atoms. The fourth-order valence-corrected chi connectivity index (χ4v) is 6.07. The lowest BCUT2D eigenvalue weighted by molar-refractivity contribution is -0.152. The van der Waals surface area contributed by atoms with Crippen LogP contribution >= 0.6 is 11.6 Å². The molecule has 2 aliphatic heterocycles. The van der Waals surface area contributed by atoms with E-state index in [1.54, 1.807) is 17.9 Å². The Morgan fingerprint density at radius 2 is 2.00 bits per heavy atom. The van der Waals surface area contributed by atoms with E-state index in [-0.39, 0.29) is 12.0 Å². The number of esters is 2. The SMILES string of the molecule is CC(=O)Oc1ccc2c3c1O[C@H]1[C@@H](OC(C)=O)C=C[C@H]4[C@@H](C2)N(C(=O)OC(C)Cl)CC[C@@]341. The van der Waals surface area contributed by atoms with Gasteiger partial charge in [-0.2, -0.15) is 0 Å². The van der Waals surface area contributed by atoms with Crippen LogP contribution in [0.15, 0.2) is 24.3 Å². The van der Waals surface area contributed by atoms with Crippen molar-refractivity contribution in [3.05, 3.63) is 35.4 Å². The van der Waals surface area contributed by atoms with E-state index in [2.05, 4.69) is 0 Å². The lowest BCUT2D eigenvalue weighted by Crippen LogP contribution is -2.66. The molecule has 6 atom stereocenters. The van der Waals surface area contributed by atoms with Crippen LogP contribution < -0.4 is 9.47 Å². The van der Waals surface area contributed by atoms with Gasteiger partial charge in [0.25, 0.3) is 0 Å². The van der Waals surface area contributed by atoms with E-state index in [0.29, 0.717) is 30.9 Å². The summed E-state index contributed by atoms with van der Waals surface area (Å²) in [5.41, 5.74) is 0.766. The molecule has 0 saturated carbocycles. The summed E-state index contributed by atoms with van der Waals surface area (Å²) in [5.74, 6) is -0.0367. The first-order valence-electron chi connectivity index (χ1n) is 10.7. The molecule has 0 N–H and O–H groups in total. The molecule has 1 unspecified atom stereocenters. The molecule has 170 valence electrons. The van der Waals surface area contributed by atoms with Gasteiger partial charge in [-0.25, -0.2) is 4.79 Å². The third kappa shape index (κ3) is 2.99. The second-order valence-corrected chi connectivity index (χ2v) is 9.34. The molecule has 8 nitrogen and oxygen atoms in total. The maximum Gasteiger partial charge on any atom is 0.411 e. The van der Waals surface area contributed by atoms with Gasteiger partial charge in [-0.05, 0) is 37.5 Å². The number of piperidine rings is 1. The van der Waals surface area contributed by atoms with E-state index in [0.717, 1.165) is 11.1 Å². The summed E-state index contributed by atoms with van der Waals surface area (Å²) >= 11 is 5.91. The minimum Gasteiger partial charge on any atom is -0.481 e. The zero-order chi connectivity index (χ0) is 22.8. The van der Waals surface area contributed by atoms with Gasteiger partial charge in [-0.3, -0.25) is 9.59 Å². The number of halogens is 1. The molecule has 5 rings (SSSR count). The number of nitrogens with zero attached hydrogens (tertiary/aromatic N) is 1. The lowest BCUT2D eigenvalue weighted by atomic mass is 9.53. The predicted molar refractivity (Wildman–Crippen MR) is 113 cm³/mol. The number of rotatable bonds is 3. The lowest BCUT2D eigenvalue weighted by Gasteiger charge is -2.56. The van der Waals surface area contributed by atoms with E-state index in [4.69, 9.17) is 30.5 Å². The van der Waals surface area contributed by atoms with Gasteiger partial charge in [-0.1, -0.05) is 23.7 Å². The molecule has 1 spiro atoms. The number of alkyl halides is 1. The Kier molecular flexibility index (Phi) is 4.89. The average Bonchev–Trinajstić information content (AvgIpc) is 3.04. The smallest absolute Gasteiger partial charge is 0.411 e. The first-order chi connectivity index (χ1) is 15.2. The molecule has 1 amide bonds. The van der Waals surface area contributed by atoms with Crippen molar-refractivity contribution in [1.82, 2.24) is 4.90 Å². The van der Waals surface area contributed by atoms with Gasteiger partial charge in [0.1, 0.15) is 6.10 Å². The van der Waals surface area contributed by atoms with Gasteiger partial charge < -0.3 is 23.8 Å². The highest BCUT2D eigenvalue weighted by molar-refractivity contribution is 6.19. The molecule has 1 saturated heterocycles. The van der Waals surface area contributed by atoms with Crippen LogP contribution in [0.1, 0.15) is 38.3 Å². The van der Waals surface area contributed by atoms with Gasteiger partial charge in [0.15, 0.2) is 23.2 Å². The van der Waals surface area contributed by atoms with E-state index in [1.807, 2.05) is 18.2 Å². The molecule has 0 radical (unpaired) electrons. The normalized spacial score (nSPS) is 31.8. The van der Waals surface area contributed by atoms with Gasteiger partial charge in [0.05, 0.1) is 5.41 Å². The maximum atomic E-state index is 12.8. The van der Waals surface area contributed by atoms with Gasteiger partial charge >= 0.3 is 18.0 Å². The Morgan fingerprint density at radius 1 is 1.22 bits per heavy atom. The van der Waals surface area contributed by atoms with Gasteiger partial charge in [0, 0.05) is 37.9 Å². The second kappa shape index (κ2) is 7.40. The molecule has 2 aliphatic carbocycles. The zero-order valence-corrected chi connectivity index (χ0v) is 18.8. The molecule has 9 heteroatoms. The molecular weight excluding hydrogens is 438 g/mol. The summed E-state index contributed by atoms with van der Waals surface area (Å²) in [6, 6.07) is 3.48. The topological polar surface area (TPSA) is 91.4 Å². The van der Waals surface area contributed by atoms with Crippen LogP contribution in [0.5, 0.6) is 11.5 Å². The van der Waals surface area contributed by atoms with Crippen molar-refractivity contribution in [3.8, 4) is 11.5 Å². The third-order valence-electron chi connectivity index (χ3n) is 6.89. The van der Waals surface area contributed by atoms with Crippen LogP contribution in [0.3, 0.4) is 0 Å². The Hall–Kier alpha value is -2.74. The average molecular weight is 462 g/mol. The molecule has 1 aromatic carbocycles. The van der Waals surface area contributed by atoms with Crippen molar-refractivity contribution in [2.24, 2.45) is 5.92 Å². The largest absolute Gasteiger partial charge is 0.481 e. The predicted octanol–water partition coefficient (Wildman–Crippen LogP) is 3.08. The first kappa shape index (κ1) is 21.1. The molecule has 2 heterocycles. The fraction of sp³-hybridized carbons (Fsp3) is 0.522. The van der Waals surface area contributed by atoms with Crippen molar-refractivity contribution in [2.45, 2.75) is 62.8 Å². The second-order valence-electron chi connectivity index (χ2n) is 8.73. The van der Waals surface area contributed by atoms with Gasteiger partial charge in [-0.15, -0.1) is 0 Å². The Labute approximate surface area is 190 Å². The number of carbonyl (C=O) groups excluding carboxylic acids is 3. The van der Waals surface area contributed by atoms with Crippen molar-refractivity contribution in [3.63, 3.8) is 0 Å². The van der Waals surface area contributed by atoms with Crippen LogP contribution in [0, 0.1) is 5.92 Å². The van der Waals surface area contributed by atoms with E-state index in [1.165, 1.54) is 13.8 Å². The standard InChI is InChI=1S/C23H24ClNO7/c1-11(24)29-22(28)25-9-8-23-15-5-7-18(31-13(3)27)21(23)32-20-17(30-12(2)26)6-4-14(19(20)23)10-16(15)25/h4-7,11,15-16,18,21H,8-10H2,1-3H3/t11?,15-,16+,18-,21-,23-/m0/s1. The van der Waals surface area contributed by atoms with Crippen molar-refractivity contribution in [1.29, 1.82) is 0 Å². The molecule has 0 aromatic heterocycles. The Balaban J connectivity index is 1.64. The van der Waals surface area contributed by atoms with Crippen LogP contribution in [0.25, 0.3) is 0 Å². The number of ether oxygens (including phenoxy) is 4. The van der Waals surface area contributed by atoms with Crippen LogP contribution in [0.4, 0.5) is 4.79 Å². The van der Waals surface area contributed by atoms with Crippen LogP contribution in [0.2, 0.25) is 0 Å². The third-order valence-corrected chi connectivity index (χ3v) is 6.98. The Morgan fingerprint density at radius 3 is 2.69 bits per heavy atom. The summed E-state index contributed by atoms with van der Waals surface area (Å²) in [6.07, 6.45) is 3.52. The number of amides is 1. The summed E-state index contributed by atoms with van der Waals surface area (Å²) in [7, 11) is 0. The molecular formula is C23H24ClNO7. The molecule has 1 aromatic rings. The van der Waals surface area contributed by atoms with Crippen LogP contribution in [-0.4, -0.2) is 53.3 Å². The number of carbonyl (C=O) groups is 3. The first-order valence-corrected chi connectivity index (χ1v) is 11.1. The number of likely N-dealkylation sites (tertiary alicyclic amines) is 1. The highest BCUT2D eigenvalue weighted by Gasteiger charge is 2.66. The number of hydrogen-bond donors (Lipinski definition) is 0. The highest BCUT2D eigenvalue weighted by Crippen LogP contribution is 2.63. The van der Waals surface area contributed by atoms with E-state index in [9.17, 15) is 14.4 Å². The zero-order valence-electron chi connectivity index (χ0n) is 18.0. The fourth-order valence-electron chi connectivity index (χ4n) is 5.99. The minimum absolute atomic E-state index is 0.0763. The van der Waals surface area contributed by atoms with E-state index < -0.39 is 41.2 Å². The highest BCUT2D eigenvalue weighted by atomic mass is 35.5. The summed E-state index contributed by atoms with van der Waals surface area (Å²) in [4.78, 5) is 38.0. The monoisotopic (exact) mass is 461 g/mol. The molecule has 1 fully saturated rings. The summed E-state index contributed by atoms with van der Waals surface area (Å²) in [6.45, 7) is 4.76. The van der Waals surface area contributed by atoms with E-state index >= 15 is 0 Å². The Bertz CT molecular complexity index is 1040. The summed E-state index contributed by atoms with van der Waals surface area (Å²) < 4.78 is 22.8. The minimum atomic E-state index is -0.732. The van der Waals surface area contributed by atoms with Gasteiger partial charge in [0.2, 0.25) is 0 Å². The maximum absolute atomic E-state index is 12.8. The quantitative estimate of drug-likeness (QED) is 0.295. The van der Waals surface area contributed by atoms with Crippen molar-refractivity contribution >= 4 is 29.6 Å². The number of hydrogen-bond acceptors (Lipinski definition) is 7. The summed E-state index contributed by atoms with van der Waals surface area (Å²) in [5, 5.41) is 0. The van der Waals surface area contributed by atoms with Crippen molar-refractivity contribution in [2.75, 3.05) is 6.54 Å². The number of benzene rings is 1. The van der Waals surface area contributed by atoms with Crippen molar-refractivity contribution < 1.29 is 33.3 Å².